The number of fused-ring (bicyclic) bond motifs is 1. The second-order valence-electron chi connectivity index (χ2n) is 7.68. The molecule has 8 heteroatoms. The first-order valence-electron chi connectivity index (χ1n) is 10.1. The number of aromatic nitrogens is 5. The number of ether oxygens (including phenoxy) is 2. The fourth-order valence-corrected chi connectivity index (χ4v) is 4.27. The van der Waals surface area contributed by atoms with Crippen LogP contribution in [0.2, 0.25) is 0 Å². The molecule has 2 aliphatic heterocycles. The fraction of sp³-hybridized carbons (Fsp3) is 0.550. The SMILES string of the molecule is Oc1c(CC2CCOCC2)c(C2CCOCC2)nn1-c1nc2cccnc2[nH]1. The molecule has 2 N–H and O–H groups in total. The van der Waals surface area contributed by atoms with Crippen molar-refractivity contribution in [3.05, 3.63) is 29.6 Å². The highest BCUT2D eigenvalue weighted by Gasteiger charge is 2.29. The van der Waals surface area contributed by atoms with Crippen molar-refractivity contribution in [1.29, 1.82) is 0 Å². The maximum atomic E-state index is 11.1. The van der Waals surface area contributed by atoms with Crippen molar-refractivity contribution in [1.82, 2.24) is 24.7 Å². The Kier molecular flexibility index (Phi) is 4.74. The summed E-state index contributed by atoms with van der Waals surface area (Å²) in [6, 6.07) is 3.74. The summed E-state index contributed by atoms with van der Waals surface area (Å²) < 4.78 is 12.6. The number of rotatable bonds is 4. The van der Waals surface area contributed by atoms with Gasteiger partial charge in [0, 0.05) is 44.1 Å². The topological polar surface area (TPSA) is 98.1 Å². The number of pyridine rings is 1. The van der Waals surface area contributed by atoms with Crippen LogP contribution in [0.3, 0.4) is 0 Å². The van der Waals surface area contributed by atoms with E-state index in [0.29, 0.717) is 23.4 Å². The van der Waals surface area contributed by atoms with E-state index in [9.17, 15) is 5.11 Å². The number of H-pyrrole nitrogens is 1. The molecule has 3 aromatic heterocycles. The molecule has 0 amide bonds. The van der Waals surface area contributed by atoms with Crippen LogP contribution in [0.1, 0.15) is 42.9 Å². The maximum Gasteiger partial charge on any atom is 0.233 e. The van der Waals surface area contributed by atoms with E-state index < -0.39 is 0 Å². The average molecular weight is 383 g/mol. The summed E-state index contributed by atoms with van der Waals surface area (Å²) in [6.07, 6.45) is 6.44. The van der Waals surface area contributed by atoms with Crippen LogP contribution in [-0.4, -0.2) is 56.3 Å². The molecule has 0 radical (unpaired) electrons. The van der Waals surface area contributed by atoms with Crippen LogP contribution in [0.25, 0.3) is 17.1 Å². The molecule has 8 nitrogen and oxygen atoms in total. The lowest BCUT2D eigenvalue weighted by molar-refractivity contribution is 0.0659. The van der Waals surface area contributed by atoms with E-state index in [1.807, 2.05) is 12.1 Å². The number of hydrogen-bond acceptors (Lipinski definition) is 6. The standard InChI is InChI=1S/C20H25N5O3/c26-19-15(12-13-3-8-27-9-4-13)17(14-5-10-28-11-6-14)24-25(19)20-22-16-2-1-7-21-18(16)23-20/h1-2,7,13-14,26H,3-6,8-12H2,(H,21,22,23). The number of imidazole rings is 1. The first kappa shape index (κ1) is 17.6. The van der Waals surface area contributed by atoms with Gasteiger partial charge in [-0.05, 0) is 50.2 Å². The van der Waals surface area contributed by atoms with Gasteiger partial charge in [-0.2, -0.15) is 9.78 Å². The van der Waals surface area contributed by atoms with Gasteiger partial charge in [0.05, 0.1) is 5.69 Å². The molecule has 2 fully saturated rings. The normalized spacial score (nSPS) is 19.4. The third-order valence-electron chi connectivity index (χ3n) is 5.87. The number of hydrogen-bond donors (Lipinski definition) is 2. The number of aromatic hydroxyl groups is 1. The van der Waals surface area contributed by atoms with Crippen LogP contribution in [-0.2, 0) is 15.9 Å². The smallest absolute Gasteiger partial charge is 0.233 e. The summed E-state index contributed by atoms with van der Waals surface area (Å²) in [5.41, 5.74) is 3.38. The van der Waals surface area contributed by atoms with E-state index in [-0.39, 0.29) is 5.88 Å². The Hall–Kier alpha value is -2.45. The zero-order chi connectivity index (χ0) is 18.9. The van der Waals surface area contributed by atoms with Gasteiger partial charge in [0.1, 0.15) is 5.52 Å². The molecule has 3 aromatic rings. The Morgan fingerprint density at radius 1 is 1.11 bits per heavy atom. The van der Waals surface area contributed by atoms with Crippen LogP contribution < -0.4 is 0 Å². The predicted octanol–water partition coefficient (Wildman–Crippen LogP) is 2.71. The second-order valence-corrected chi connectivity index (χ2v) is 7.68. The van der Waals surface area contributed by atoms with E-state index in [4.69, 9.17) is 14.6 Å². The molecule has 148 valence electrons. The molecular formula is C20H25N5O3. The van der Waals surface area contributed by atoms with Gasteiger partial charge in [-0.15, -0.1) is 0 Å². The fourth-order valence-electron chi connectivity index (χ4n) is 4.27. The first-order valence-corrected chi connectivity index (χ1v) is 10.1. The van der Waals surface area contributed by atoms with Crippen LogP contribution in [0, 0.1) is 5.92 Å². The largest absolute Gasteiger partial charge is 0.493 e. The minimum atomic E-state index is 0.187. The molecule has 5 heterocycles. The number of nitrogens with one attached hydrogen (secondary N) is 1. The Labute approximate surface area is 162 Å². The van der Waals surface area contributed by atoms with Crippen molar-refractivity contribution in [3.8, 4) is 11.8 Å². The van der Waals surface area contributed by atoms with Gasteiger partial charge < -0.3 is 19.6 Å². The lowest BCUT2D eigenvalue weighted by Gasteiger charge is -2.24. The lowest BCUT2D eigenvalue weighted by atomic mass is 9.87. The highest BCUT2D eigenvalue weighted by Crippen LogP contribution is 2.37. The van der Waals surface area contributed by atoms with Gasteiger partial charge in [0.25, 0.3) is 0 Å². The Balaban J connectivity index is 1.55. The third kappa shape index (κ3) is 3.27. The van der Waals surface area contributed by atoms with Gasteiger partial charge in [-0.25, -0.2) is 9.97 Å². The highest BCUT2D eigenvalue weighted by atomic mass is 16.5. The second kappa shape index (κ2) is 7.52. The molecule has 0 saturated carbocycles. The molecule has 0 spiro atoms. The quantitative estimate of drug-likeness (QED) is 0.719. The average Bonchev–Trinajstić information content (AvgIpc) is 3.31. The Morgan fingerprint density at radius 2 is 1.86 bits per heavy atom. The van der Waals surface area contributed by atoms with Gasteiger partial charge in [-0.3, -0.25) is 0 Å². The molecule has 0 aromatic carbocycles. The molecule has 2 saturated heterocycles. The van der Waals surface area contributed by atoms with Crippen molar-refractivity contribution >= 4 is 11.2 Å². The van der Waals surface area contributed by atoms with E-state index >= 15 is 0 Å². The molecule has 5 rings (SSSR count). The van der Waals surface area contributed by atoms with Crippen LogP contribution in [0.15, 0.2) is 18.3 Å². The molecular weight excluding hydrogens is 358 g/mol. The van der Waals surface area contributed by atoms with Crippen molar-refractivity contribution < 1.29 is 14.6 Å². The summed E-state index contributed by atoms with van der Waals surface area (Å²) >= 11 is 0. The first-order chi connectivity index (χ1) is 13.8. The third-order valence-corrected chi connectivity index (χ3v) is 5.87. The van der Waals surface area contributed by atoms with Crippen molar-refractivity contribution in [3.63, 3.8) is 0 Å². The molecule has 2 aliphatic rings. The summed E-state index contributed by atoms with van der Waals surface area (Å²) in [4.78, 5) is 12.0. The van der Waals surface area contributed by atoms with Crippen LogP contribution in [0.4, 0.5) is 0 Å². The summed E-state index contributed by atoms with van der Waals surface area (Å²) in [5, 5.41) is 15.9. The molecule has 0 atom stereocenters. The van der Waals surface area contributed by atoms with Crippen molar-refractivity contribution in [2.24, 2.45) is 5.92 Å². The van der Waals surface area contributed by atoms with Crippen molar-refractivity contribution in [2.45, 2.75) is 38.0 Å². The molecule has 28 heavy (non-hydrogen) atoms. The Bertz CT molecular complexity index is 921. The molecule has 0 aliphatic carbocycles. The summed E-state index contributed by atoms with van der Waals surface area (Å²) in [6.45, 7) is 3.07. The van der Waals surface area contributed by atoms with Gasteiger partial charge in [0.2, 0.25) is 11.8 Å². The minimum absolute atomic E-state index is 0.187. The molecule has 0 unspecified atom stereocenters. The minimum Gasteiger partial charge on any atom is -0.493 e. The van der Waals surface area contributed by atoms with Crippen molar-refractivity contribution in [2.75, 3.05) is 26.4 Å². The van der Waals surface area contributed by atoms with E-state index in [2.05, 4.69) is 15.0 Å². The zero-order valence-corrected chi connectivity index (χ0v) is 15.8. The van der Waals surface area contributed by atoms with Gasteiger partial charge >= 0.3 is 0 Å². The zero-order valence-electron chi connectivity index (χ0n) is 15.8. The Morgan fingerprint density at radius 3 is 2.61 bits per heavy atom. The summed E-state index contributed by atoms with van der Waals surface area (Å²) in [7, 11) is 0. The summed E-state index contributed by atoms with van der Waals surface area (Å²) in [5.74, 6) is 1.50. The maximum absolute atomic E-state index is 11.1. The monoisotopic (exact) mass is 383 g/mol. The van der Waals surface area contributed by atoms with E-state index in [1.165, 1.54) is 0 Å². The number of aromatic amines is 1. The van der Waals surface area contributed by atoms with Gasteiger partial charge in [-0.1, -0.05) is 0 Å². The highest BCUT2D eigenvalue weighted by molar-refractivity contribution is 5.71. The lowest BCUT2D eigenvalue weighted by Crippen LogP contribution is -2.19. The van der Waals surface area contributed by atoms with Crippen LogP contribution in [0.5, 0.6) is 5.88 Å². The van der Waals surface area contributed by atoms with E-state index in [1.54, 1.807) is 10.9 Å². The van der Waals surface area contributed by atoms with E-state index in [0.717, 1.165) is 75.3 Å². The predicted molar refractivity (Wildman–Crippen MR) is 103 cm³/mol. The van der Waals surface area contributed by atoms with Crippen LogP contribution >= 0.6 is 0 Å². The number of nitrogens with zero attached hydrogens (tertiary/aromatic N) is 4. The van der Waals surface area contributed by atoms with Gasteiger partial charge in [0.15, 0.2) is 5.65 Å². The molecule has 0 bridgehead atoms.